The molecule has 9 heavy (non-hydrogen) atoms. The lowest BCUT2D eigenvalue weighted by atomic mass is 10.4. The van der Waals surface area contributed by atoms with Gasteiger partial charge in [0.2, 0.25) is 0 Å². The van der Waals surface area contributed by atoms with Crippen molar-refractivity contribution in [1.82, 2.24) is 4.98 Å². The van der Waals surface area contributed by atoms with Gasteiger partial charge < -0.3 is 0 Å². The van der Waals surface area contributed by atoms with Crippen molar-refractivity contribution in [2.45, 2.75) is 6.54 Å². The minimum absolute atomic E-state index is 0.612. The Morgan fingerprint density at radius 3 is 3.00 bits per heavy atom. The Kier molecular flexibility index (Phi) is 1.96. The molecule has 1 aromatic rings. The maximum atomic E-state index is 4.03. The Balaban J connectivity index is 2.72. The molecular weight excluding hydrogens is 112 g/mol. The molecule has 0 fully saturated rings. The van der Waals surface area contributed by atoms with E-state index in [2.05, 4.69) is 16.7 Å². The van der Waals surface area contributed by atoms with E-state index in [4.69, 9.17) is 0 Å². The summed E-state index contributed by atoms with van der Waals surface area (Å²) in [5.41, 5.74) is 0.965. The van der Waals surface area contributed by atoms with Gasteiger partial charge in [0, 0.05) is 6.20 Å². The lowest BCUT2D eigenvalue weighted by molar-refractivity contribution is 1.000. The fraction of sp³-hybridized carbons (Fsp3) is 0.143. The molecule has 0 radical (unpaired) electrons. The number of aliphatic imine (C=N–C) groups is 1. The van der Waals surface area contributed by atoms with Crippen molar-refractivity contribution in [2.24, 2.45) is 4.99 Å². The molecule has 0 saturated heterocycles. The summed E-state index contributed by atoms with van der Waals surface area (Å²) < 4.78 is 0. The zero-order chi connectivity index (χ0) is 6.53. The van der Waals surface area contributed by atoms with Crippen molar-refractivity contribution < 1.29 is 0 Å². The van der Waals surface area contributed by atoms with Gasteiger partial charge in [-0.3, -0.25) is 9.98 Å². The van der Waals surface area contributed by atoms with Crippen molar-refractivity contribution in [3.05, 3.63) is 30.1 Å². The Morgan fingerprint density at radius 2 is 2.44 bits per heavy atom. The quantitative estimate of drug-likeness (QED) is 0.540. The number of aromatic nitrogens is 1. The topological polar surface area (TPSA) is 25.2 Å². The van der Waals surface area contributed by atoms with E-state index in [1.165, 1.54) is 0 Å². The maximum absolute atomic E-state index is 4.03. The van der Waals surface area contributed by atoms with E-state index < -0.39 is 0 Å². The summed E-state index contributed by atoms with van der Waals surface area (Å²) in [6, 6.07) is 5.74. The Labute approximate surface area is 54.3 Å². The molecule has 1 heterocycles. The molecule has 0 amide bonds. The van der Waals surface area contributed by atoms with E-state index in [-0.39, 0.29) is 0 Å². The Bertz CT molecular complexity index is 181. The zero-order valence-corrected chi connectivity index (χ0v) is 5.12. The van der Waals surface area contributed by atoms with Crippen LogP contribution in [0.4, 0.5) is 0 Å². The van der Waals surface area contributed by atoms with Gasteiger partial charge >= 0.3 is 0 Å². The van der Waals surface area contributed by atoms with Crippen molar-refractivity contribution in [3.8, 4) is 0 Å². The number of nitrogens with zero attached hydrogens (tertiary/aromatic N) is 2. The molecule has 0 aliphatic carbocycles. The fourth-order valence-corrected chi connectivity index (χ4v) is 0.606. The van der Waals surface area contributed by atoms with Crippen LogP contribution in [0.15, 0.2) is 29.4 Å². The lowest BCUT2D eigenvalue weighted by Gasteiger charge is -1.90. The van der Waals surface area contributed by atoms with Crippen molar-refractivity contribution >= 4 is 6.72 Å². The molecule has 2 nitrogen and oxygen atoms in total. The summed E-state index contributed by atoms with van der Waals surface area (Å²) in [6.07, 6.45) is 1.75. The van der Waals surface area contributed by atoms with Crippen LogP contribution >= 0.6 is 0 Å². The van der Waals surface area contributed by atoms with Gasteiger partial charge in [-0.15, -0.1) is 0 Å². The van der Waals surface area contributed by atoms with Crippen LogP contribution in [0.2, 0.25) is 0 Å². The average molecular weight is 120 g/mol. The molecule has 0 spiro atoms. The molecule has 0 N–H and O–H groups in total. The van der Waals surface area contributed by atoms with Crippen molar-refractivity contribution in [2.75, 3.05) is 0 Å². The van der Waals surface area contributed by atoms with Gasteiger partial charge in [0.1, 0.15) is 0 Å². The summed E-state index contributed by atoms with van der Waals surface area (Å²) in [7, 11) is 0. The van der Waals surface area contributed by atoms with Crippen LogP contribution in [0.1, 0.15) is 5.69 Å². The summed E-state index contributed by atoms with van der Waals surface area (Å²) >= 11 is 0. The van der Waals surface area contributed by atoms with E-state index in [1.54, 1.807) is 6.20 Å². The van der Waals surface area contributed by atoms with Crippen LogP contribution in [0.25, 0.3) is 0 Å². The van der Waals surface area contributed by atoms with E-state index in [0.717, 1.165) is 5.69 Å². The first-order chi connectivity index (χ1) is 4.43. The second kappa shape index (κ2) is 2.97. The van der Waals surface area contributed by atoms with Gasteiger partial charge in [-0.05, 0) is 18.9 Å². The first kappa shape index (κ1) is 5.95. The highest BCUT2D eigenvalue weighted by Gasteiger charge is 1.84. The second-order valence-corrected chi connectivity index (χ2v) is 1.70. The molecule has 0 atom stereocenters. The van der Waals surface area contributed by atoms with E-state index >= 15 is 0 Å². The number of pyridine rings is 1. The molecule has 1 rings (SSSR count). The lowest BCUT2D eigenvalue weighted by Crippen LogP contribution is -1.83. The summed E-state index contributed by atoms with van der Waals surface area (Å²) in [5.74, 6) is 0. The van der Waals surface area contributed by atoms with Gasteiger partial charge in [0.15, 0.2) is 0 Å². The van der Waals surface area contributed by atoms with E-state index in [1.807, 2.05) is 18.2 Å². The minimum Gasteiger partial charge on any atom is -0.295 e. The van der Waals surface area contributed by atoms with Gasteiger partial charge in [-0.25, -0.2) is 0 Å². The molecule has 0 unspecified atom stereocenters. The Morgan fingerprint density at radius 1 is 1.56 bits per heavy atom. The molecule has 0 saturated carbocycles. The van der Waals surface area contributed by atoms with Crippen LogP contribution in [0, 0.1) is 0 Å². The van der Waals surface area contributed by atoms with Crippen LogP contribution in [-0.4, -0.2) is 11.7 Å². The normalized spacial score (nSPS) is 8.89. The zero-order valence-electron chi connectivity index (χ0n) is 5.12. The van der Waals surface area contributed by atoms with Crippen LogP contribution in [0.3, 0.4) is 0 Å². The third kappa shape index (κ3) is 1.64. The molecular formula is C7H8N2. The molecule has 2 heteroatoms. The third-order valence-electron chi connectivity index (χ3n) is 1.000. The van der Waals surface area contributed by atoms with Crippen LogP contribution in [-0.2, 0) is 6.54 Å². The molecule has 0 aliphatic heterocycles. The minimum atomic E-state index is 0.612. The second-order valence-electron chi connectivity index (χ2n) is 1.70. The molecule has 0 bridgehead atoms. The van der Waals surface area contributed by atoms with Gasteiger partial charge in [-0.2, -0.15) is 0 Å². The smallest absolute Gasteiger partial charge is 0.0804 e. The van der Waals surface area contributed by atoms with Crippen LogP contribution in [0.5, 0.6) is 0 Å². The van der Waals surface area contributed by atoms with Gasteiger partial charge in [-0.1, -0.05) is 6.07 Å². The highest BCUT2D eigenvalue weighted by molar-refractivity contribution is 5.23. The van der Waals surface area contributed by atoms with E-state index in [9.17, 15) is 0 Å². The van der Waals surface area contributed by atoms with E-state index in [0.29, 0.717) is 6.54 Å². The molecule has 46 valence electrons. The largest absolute Gasteiger partial charge is 0.295 e. The summed E-state index contributed by atoms with van der Waals surface area (Å²) in [6.45, 7) is 3.98. The van der Waals surface area contributed by atoms with Crippen molar-refractivity contribution in [3.63, 3.8) is 0 Å². The van der Waals surface area contributed by atoms with Crippen molar-refractivity contribution in [1.29, 1.82) is 0 Å². The fourth-order valence-electron chi connectivity index (χ4n) is 0.606. The Hall–Kier alpha value is -1.18. The van der Waals surface area contributed by atoms with Crippen LogP contribution < -0.4 is 0 Å². The molecule has 0 aromatic carbocycles. The van der Waals surface area contributed by atoms with Gasteiger partial charge in [0.05, 0.1) is 12.2 Å². The predicted molar refractivity (Wildman–Crippen MR) is 37.5 cm³/mol. The average Bonchev–Trinajstić information content (AvgIpc) is 1.91. The predicted octanol–water partition coefficient (Wildman–Crippen LogP) is 1.28. The summed E-state index contributed by atoms with van der Waals surface area (Å²) in [5, 5.41) is 0. The first-order valence-corrected chi connectivity index (χ1v) is 2.76. The summed E-state index contributed by atoms with van der Waals surface area (Å²) in [4.78, 5) is 7.73. The van der Waals surface area contributed by atoms with Gasteiger partial charge in [0.25, 0.3) is 0 Å². The molecule has 1 aromatic heterocycles. The maximum Gasteiger partial charge on any atom is 0.0804 e. The SMILES string of the molecule is C=NCc1ccccn1. The third-order valence-corrected chi connectivity index (χ3v) is 1.000. The standard InChI is InChI=1S/C7H8N2/c1-8-6-7-4-2-3-5-9-7/h2-5H,1,6H2. The molecule has 0 aliphatic rings. The number of rotatable bonds is 2. The highest BCUT2D eigenvalue weighted by atomic mass is 14.8. The number of hydrogen-bond donors (Lipinski definition) is 0. The highest BCUT2D eigenvalue weighted by Crippen LogP contribution is 1.93. The first-order valence-electron chi connectivity index (χ1n) is 2.76. The monoisotopic (exact) mass is 120 g/mol. The number of hydrogen-bond acceptors (Lipinski definition) is 2.